The number of nitrogens with zero attached hydrogens (tertiary/aromatic N) is 3. The third-order valence-electron chi connectivity index (χ3n) is 4.45. The molecule has 1 N–H and O–H groups in total. The first kappa shape index (κ1) is 17.7. The Morgan fingerprint density at radius 2 is 1.38 bits per heavy atom. The second-order valence-corrected chi connectivity index (χ2v) is 8.21. The molecule has 0 saturated heterocycles. The SMILES string of the molecule is c1ccc(-c2nc(-c3ccc(Nc4nncs4)cc3)sc2-c2ccccc2)cc1. The summed E-state index contributed by atoms with van der Waals surface area (Å²) in [5.41, 5.74) is 7.12. The molecule has 0 bridgehead atoms. The highest BCUT2D eigenvalue weighted by Crippen LogP contribution is 2.40. The van der Waals surface area contributed by atoms with Crippen molar-refractivity contribution in [1.82, 2.24) is 15.2 Å². The van der Waals surface area contributed by atoms with Crippen molar-refractivity contribution in [2.24, 2.45) is 0 Å². The van der Waals surface area contributed by atoms with Crippen molar-refractivity contribution < 1.29 is 0 Å². The van der Waals surface area contributed by atoms with Crippen LogP contribution in [-0.4, -0.2) is 15.2 Å². The van der Waals surface area contributed by atoms with E-state index >= 15 is 0 Å². The molecule has 0 fully saturated rings. The van der Waals surface area contributed by atoms with Crippen molar-refractivity contribution in [2.45, 2.75) is 0 Å². The van der Waals surface area contributed by atoms with E-state index in [-0.39, 0.29) is 0 Å². The Balaban J connectivity index is 1.53. The van der Waals surface area contributed by atoms with Crippen molar-refractivity contribution in [3.05, 3.63) is 90.4 Å². The molecule has 0 saturated carbocycles. The maximum atomic E-state index is 5.01. The predicted molar refractivity (Wildman–Crippen MR) is 122 cm³/mol. The lowest BCUT2D eigenvalue weighted by Crippen LogP contribution is -1.89. The van der Waals surface area contributed by atoms with Crippen LogP contribution in [0.15, 0.2) is 90.4 Å². The maximum Gasteiger partial charge on any atom is 0.209 e. The first-order valence-electron chi connectivity index (χ1n) is 9.12. The molecule has 0 aliphatic heterocycles. The fraction of sp³-hybridized carbons (Fsp3) is 0. The van der Waals surface area contributed by atoms with E-state index in [9.17, 15) is 0 Å². The van der Waals surface area contributed by atoms with E-state index in [1.165, 1.54) is 21.8 Å². The summed E-state index contributed by atoms with van der Waals surface area (Å²) in [6.45, 7) is 0. The van der Waals surface area contributed by atoms with E-state index in [0.717, 1.165) is 32.6 Å². The zero-order valence-electron chi connectivity index (χ0n) is 15.3. The number of nitrogens with one attached hydrogen (secondary N) is 1. The number of anilines is 2. The molecule has 0 radical (unpaired) electrons. The van der Waals surface area contributed by atoms with Crippen molar-refractivity contribution in [3.8, 4) is 32.3 Å². The van der Waals surface area contributed by atoms with E-state index in [0.29, 0.717) is 0 Å². The minimum absolute atomic E-state index is 0.782. The van der Waals surface area contributed by atoms with E-state index < -0.39 is 0 Å². The predicted octanol–water partition coefficient (Wildman–Crippen LogP) is 6.74. The molecule has 0 spiro atoms. The van der Waals surface area contributed by atoms with E-state index in [1.807, 2.05) is 24.3 Å². The van der Waals surface area contributed by atoms with Gasteiger partial charge in [0.1, 0.15) is 10.5 Å². The van der Waals surface area contributed by atoms with Gasteiger partial charge >= 0.3 is 0 Å². The summed E-state index contributed by atoms with van der Waals surface area (Å²) in [6.07, 6.45) is 0. The van der Waals surface area contributed by atoms with Gasteiger partial charge in [0, 0.05) is 16.8 Å². The first-order chi connectivity index (χ1) is 14.4. The van der Waals surface area contributed by atoms with Gasteiger partial charge in [-0.15, -0.1) is 21.5 Å². The van der Waals surface area contributed by atoms with Gasteiger partial charge in [-0.05, 0) is 29.8 Å². The highest BCUT2D eigenvalue weighted by Gasteiger charge is 2.15. The molecule has 0 aliphatic rings. The summed E-state index contributed by atoms with van der Waals surface area (Å²) in [7, 11) is 0. The third kappa shape index (κ3) is 3.81. The quantitative estimate of drug-likeness (QED) is 0.347. The summed E-state index contributed by atoms with van der Waals surface area (Å²) in [4.78, 5) is 6.19. The average Bonchev–Trinajstić information content (AvgIpc) is 3.46. The Labute approximate surface area is 176 Å². The second kappa shape index (κ2) is 7.95. The Kier molecular flexibility index (Phi) is 4.86. The highest BCUT2D eigenvalue weighted by atomic mass is 32.1. The van der Waals surface area contributed by atoms with Crippen LogP contribution >= 0.6 is 22.7 Å². The fourth-order valence-corrected chi connectivity index (χ4v) is 4.63. The van der Waals surface area contributed by atoms with Crippen molar-refractivity contribution in [2.75, 3.05) is 5.32 Å². The van der Waals surface area contributed by atoms with Crippen molar-refractivity contribution in [3.63, 3.8) is 0 Å². The standard InChI is InChI=1S/C23H16N4S2/c1-3-7-16(8-4-1)20-21(17-9-5-2-6-10-17)29-22(26-20)18-11-13-19(14-12-18)25-23-27-24-15-28-23/h1-15H,(H,25,27). The lowest BCUT2D eigenvalue weighted by Gasteiger charge is -2.02. The van der Waals surface area contributed by atoms with Gasteiger partial charge in [0.25, 0.3) is 0 Å². The third-order valence-corrected chi connectivity index (χ3v) is 6.21. The van der Waals surface area contributed by atoms with Gasteiger partial charge in [0.05, 0.1) is 10.6 Å². The Morgan fingerprint density at radius 3 is 2.03 bits per heavy atom. The zero-order chi connectivity index (χ0) is 19.5. The van der Waals surface area contributed by atoms with Gasteiger partial charge in [-0.25, -0.2) is 4.98 Å². The largest absolute Gasteiger partial charge is 0.330 e. The van der Waals surface area contributed by atoms with Gasteiger partial charge in [0.2, 0.25) is 5.13 Å². The molecule has 0 atom stereocenters. The van der Waals surface area contributed by atoms with Gasteiger partial charge < -0.3 is 5.32 Å². The summed E-state index contributed by atoms with van der Waals surface area (Å²) in [5, 5.41) is 12.9. The summed E-state index contributed by atoms with van der Waals surface area (Å²) in [6, 6.07) is 29.1. The van der Waals surface area contributed by atoms with Crippen LogP contribution in [0.5, 0.6) is 0 Å². The summed E-state index contributed by atoms with van der Waals surface area (Å²) in [5.74, 6) is 0. The van der Waals surface area contributed by atoms with Crippen LogP contribution in [0.2, 0.25) is 0 Å². The first-order valence-corrected chi connectivity index (χ1v) is 10.8. The molecule has 2 aromatic heterocycles. The van der Waals surface area contributed by atoms with Gasteiger partial charge in [0.15, 0.2) is 0 Å². The van der Waals surface area contributed by atoms with E-state index in [4.69, 9.17) is 4.98 Å². The lowest BCUT2D eigenvalue weighted by atomic mass is 10.1. The lowest BCUT2D eigenvalue weighted by molar-refractivity contribution is 1.09. The monoisotopic (exact) mass is 412 g/mol. The molecule has 5 rings (SSSR count). The smallest absolute Gasteiger partial charge is 0.209 e. The van der Waals surface area contributed by atoms with E-state index in [1.54, 1.807) is 16.8 Å². The molecule has 5 aromatic rings. The molecule has 4 nitrogen and oxygen atoms in total. The molecule has 29 heavy (non-hydrogen) atoms. The van der Waals surface area contributed by atoms with Crippen LogP contribution in [-0.2, 0) is 0 Å². The molecule has 0 unspecified atom stereocenters. The van der Waals surface area contributed by atoms with Crippen LogP contribution < -0.4 is 5.32 Å². The zero-order valence-corrected chi connectivity index (χ0v) is 17.0. The number of hydrogen-bond donors (Lipinski definition) is 1. The van der Waals surface area contributed by atoms with Gasteiger partial charge in [-0.3, -0.25) is 0 Å². The Hall–Kier alpha value is -3.35. The van der Waals surface area contributed by atoms with Crippen molar-refractivity contribution in [1.29, 1.82) is 0 Å². The minimum Gasteiger partial charge on any atom is -0.330 e. The van der Waals surface area contributed by atoms with Crippen LogP contribution in [0.25, 0.3) is 32.3 Å². The van der Waals surface area contributed by atoms with Crippen molar-refractivity contribution >= 4 is 33.5 Å². The van der Waals surface area contributed by atoms with Crippen LogP contribution in [0, 0.1) is 0 Å². The van der Waals surface area contributed by atoms with Crippen LogP contribution in [0.3, 0.4) is 0 Å². The topological polar surface area (TPSA) is 50.7 Å². The molecular weight excluding hydrogens is 396 g/mol. The average molecular weight is 413 g/mol. The molecule has 3 aromatic carbocycles. The second-order valence-electron chi connectivity index (χ2n) is 6.38. The molecule has 0 aliphatic carbocycles. The summed E-state index contributed by atoms with van der Waals surface area (Å²) < 4.78 is 0. The molecular formula is C23H16N4S2. The molecule has 0 amide bonds. The van der Waals surface area contributed by atoms with Crippen LogP contribution in [0.4, 0.5) is 10.8 Å². The Morgan fingerprint density at radius 1 is 0.690 bits per heavy atom. The number of thiazole rings is 1. The number of benzene rings is 3. The fourth-order valence-electron chi connectivity index (χ4n) is 3.07. The highest BCUT2D eigenvalue weighted by molar-refractivity contribution is 7.19. The normalized spacial score (nSPS) is 10.8. The number of aromatic nitrogens is 3. The molecule has 6 heteroatoms. The molecule has 2 heterocycles. The van der Waals surface area contributed by atoms with Gasteiger partial charge in [-0.2, -0.15) is 0 Å². The molecule has 140 valence electrons. The maximum absolute atomic E-state index is 5.01. The number of rotatable bonds is 5. The summed E-state index contributed by atoms with van der Waals surface area (Å²) >= 11 is 3.20. The van der Waals surface area contributed by atoms with E-state index in [2.05, 4.69) is 76.2 Å². The Bertz CT molecular complexity index is 1140. The van der Waals surface area contributed by atoms with Gasteiger partial charge in [-0.1, -0.05) is 72.0 Å². The van der Waals surface area contributed by atoms with Crippen LogP contribution in [0.1, 0.15) is 0 Å². The number of hydrogen-bond acceptors (Lipinski definition) is 6. The minimum atomic E-state index is 0.782.